The zero-order chi connectivity index (χ0) is 14.7. The van der Waals surface area contributed by atoms with Crippen molar-refractivity contribution in [2.45, 2.75) is 45.3 Å². The summed E-state index contributed by atoms with van der Waals surface area (Å²) in [4.78, 5) is 23.0. The third kappa shape index (κ3) is 2.88. The van der Waals surface area contributed by atoms with Gasteiger partial charge < -0.3 is 9.90 Å². The largest absolute Gasteiger partial charge is 0.391 e. The first kappa shape index (κ1) is 14.7. The third-order valence-electron chi connectivity index (χ3n) is 3.71. The lowest BCUT2D eigenvalue weighted by molar-refractivity contribution is -0.108. The molecule has 1 N–H and O–H groups in total. The molecule has 0 aromatic carbocycles. The van der Waals surface area contributed by atoms with E-state index in [0.717, 1.165) is 18.3 Å². The van der Waals surface area contributed by atoms with Crippen molar-refractivity contribution in [3.8, 4) is 0 Å². The molecule has 3 atom stereocenters. The zero-order valence-corrected chi connectivity index (χ0v) is 11.8. The second-order valence-corrected chi connectivity index (χ2v) is 5.43. The SMILES string of the molecule is CC(O)C(CCC=O)n1ncc2c(c1=O)C=C[C@@H](C)C2. The Labute approximate surface area is 117 Å². The van der Waals surface area contributed by atoms with E-state index >= 15 is 0 Å². The van der Waals surface area contributed by atoms with Crippen LogP contribution in [0, 0.1) is 5.92 Å². The number of allylic oxidation sites excluding steroid dienone is 1. The van der Waals surface area contributed by atoms with Gasteiger partial charge in [-0.1, -0.05) is 19.1 Å². The summed E-state index contributed by atoms with van der Waals surface area (Å²) in [6.07, 6.45) is 7.13. The van der Waals surface area contributed by atoms with Crippen LogP contribution < -0.4 is 5.56 Å². The summed E-state index contributed by atoms with van der Waals surface area (Å²) < 4.78 is 1.31. The number of carbonyl (C=O) groups excluding carboxylic acids is 1. The summed E-state index contributed by atoms with van der Waals surface area (Å²) >= 11 is 0. The molecule has 0 saturated heterocycles. The Hall–Kier alpha value is -1.75. The predicted molar refractivity (Wildman–Crippen MR) is 76.4 cm³/mol. The molecular weight excluding hydrogens is 256 g/mol. The second kappa shape index (κ2) is 6.13. The van der Waals surface area contributed by atoms with Crippen LogP contribution in [0.4, 0.5) is 0 Å². The van der Waals surface area contributed by atoms with E-state index in [1.165, 1.54) is 4.68 Å². The van der Waals surface area contributed by atoms with E-state index in [0.29, 0.717) is 24.3 Å². The number of aromatic nitrogens is 2. The Morgan fingerprint density at radius 3 is 3.00 bits per heavy atom. The molecule has 0 bridgehead atoms. The Bertz CT molecular complexity index is 575. The second-order valence-electron chi connectivity index (χ2n) is 5.43. The molecule has 0 aliphatic heterocycles. The average molecular weight is 276 g/mol. The van der Waals surface area contributed by atoms with E-state index in [1.54, 1.807) is 13.1 Å². The number of fused-ring (bicyclic) bond motifs is 1. The lowest BCUT2D eigenvalue weighted by atomic mass is 9.93. The number of hydrogen-bond donors (Lipinski definition) is 1. The van der Waals surface area contributed by atoms with Crippen LogP contribution in [-0.4, -0.2) is 27.3 Å². The van der Waals surface area contributed by atoms with E-state index in [1.807, 2.05) is 12.2 Å². The zero-order valence-electron chi connectivity index (χ0n) is 11.8. The standard InChI is InChI=1S/C15H20N2O3/c1-10-5-6-13-12(8-10)9-16-17(15(13)20)14(11(2)19)4-3-7-18/h5-7,9-11,14,19H,3-4,8H2,1-2H3/t10-,11?,14?/m1/s1. The molecule has 0 amide bonds. The van der Waals surface area contributed by atoms with Gasteiger partial charge in [0.15, 0.2) is 0 Å². The van der Waals surface area contributed by atoms with Crippen LogP contribution in [0.3, 0.4) is 0 Å². The lowest BCUT2D eigenvalue weighted by Crippen LogP contribution is -2.35. The number of aliphatic hydroxyl groups excluding tert-OH is 1. The fourth-order valence-electron chi connectivity index (χ4n) is 2.57. The van der Waals surface area contributed by atoms with Crippen molar-refractivity contribution in [2.24, 2.45) is 5.92 Å². The van der Waals surface area contributed by atoms with Gasteiger partial charge in [-0.3, -0.25) is 4.79 Å². The van der Waals surface area contributed by atoms with Gasteiger partial charge in [-0.15, -0.1) is 0 Å². The maximum Gasteiger partial charge on any atom is 0.274 e. The third-order valence-corrected chi connectivity index (χ3v) is 3.71. The summed E-state index contributed by atoms with van der Waals surface area (Å²) in [6, 6.07) is -0.467. The minimum atomic E-state index is -0.732. The summed E-state index contributed by atoms with van der Waals surface area (Å²) in [6.45, 7) is 3.70. The highest BCUT2D eigenvalue weighted by molar-refractivity contribution is 5.55. The van der Waals surface area contributed by atoms with Crippen LogP contribution in [-0.2, 0) is 11.2 Å². The van der Waals surface area contributed by atoms with Crippen molar-refractivity contribution in [2.75, 3.05) is 0 Å². The molecule has 1 aromatic rings. The average Bonchev–Trinajstić information content (AvgIpc) is 2.41. The first-order chi connectivity index (χ1) is 9.54. The molecule has 2 rings (SSSR count). The number of nitrogens with zero attached hydrogens (tertiary/aromatic N) is 2. The molecule has 108 valence electrons. The van der Waals surface area contributed by atoms with Crippen molar-refractivity contribution >= 4 is 12.4 Å². The molecule has 5 nitrogen and oxygen atoms in total. The van der Waals surface area contributed by atoms with E-state index in [4.69, 9.17) is 0 Å². The van der Waals surface area contributed by atoms with Crippen molar-refractivity contribution < 1.29 is 9.90 Å². The molecule has 2 unspecified atom stereocenters. The minimum absolute atomic E-state index is 0.192. The van der Waals surface area contributed by atoms with Gasteiger partial charge in [0, 0.05) is 12.0 Å². The van der Waals surface area contributed by atoms with Crippen molar-refractivity contribution in [3.63, 3.8) is 0 Å². The highest BCUT2D eigenvalue weighted by atomic mass is 16.3. The molecule has 0 spiro atoms. The number of aliphatic hydroxyl groups is 1. The molecular formula is C15H20N2O3. The molecule has 1 aliphatic carbocycles. The van der Waals surface area contributed by atoms with Crippen LogP contribution in [0.15, 0.2) is 17.1 Å². The minimum Gasteiger partial charge on any atom is -0.391 e. The summed E-state index contributed by atoms with van der Waals surface area (Å²) in [5.41, 5.74) is 1.40. The summed E-state index contributed by atoms with van der Waals surface area (Å²) in [5.74, 6) is 0.405. The Morgan fingerprint density at radius 2 is 2.35 bits per heavy atom. The fourth-order valence-corrected chi connectivity index (χ4v) is 2.57. The van der Waals surface area contributed by atoms with Crippen LogP contribution in [0.2, 0.25) is 0 Å². The van der Waals surface area contributed by atoms with Gasteiger partial charge in [-0.05, 0) is 31.2 Å². The van der Waals surface area contributed by atoms with Crippen LogP contribution >= 0.6 is 0 Å². The van der Waals surface area contributed by atoms with Gasteiger partial charge in [0.2, 0.25) is 0 Å². The Balaban J connectivity index is 2.41. The van der Waals surface area contributed by atoms with Gasteiger partial charge in [0.1, 0.15) is 6.29 Å². The molecule has 0 fully saturated rings. The quantitative estimate of drug-likeness (QED) is 0.824. The van der Waals surface area contributed by atoms with Crippen molar-refractivity contribution in [1.82, 2.24) is 9.78 Å². The molecule has 0 saturated carbocycles. The van der Waals surface area contributed by atoms with E-state index in [9.17, 15) is 14.7 Å². The van der Waals surface area contributed by atoms with Crippen LogP contribution in [0.5, 0.6) is 0 Å². The first-order valence-electron chi connectivity index (χ1n) is 6.95. The van der Waals surface area contributed by atoms with Gasteiger partial charge in [0.05, 0.1) is 18.3 Å². The van der Waals surface area contributed by atoms with Crippen molar-refractivity contribution in [3.05, 3.63) is 33.8 Å². The first-order valence-corrected chi connectivity index (χ1v) is 6.95. The number of rotatable bonds is 5. The molecule has 1 aromatic heterocycles. The molecule has 1 aliphatic rings. The molecule has 20 heavy (non-hydrogen) atoms. The van der Waals surface area contributed by atoms with Gasteiger partial charge >= 0.3 is 0 Å². The number of carbonyl (C=O) groups is 1. The highest BCUT2D eigenvalue weighted by Crippen LogP contribution is 2.21. The lowest BCUT2D eigenvalue weighted by Gasteiger charge is -2.23. The molecule has 1 heterocycles. The van der Waals surface area contributed by atoms with Crippen LogP contribution in [0.25, 0.3) is 6.08 Å². The van der Waals surface area contributed by atoms with Gasteiger partial charge in [-0.2, -0.15) is 5.10 Å². The molecule has 0 radical (unpaired) electrons. The number of aldehydes is 1. The van der Waals surface area contributed by atoms with E-state index < -0.39 is 12.1 Å². The smallest absolute Gasteiger partial charge is 0.274 e. The topological polar surface area (TPSA) is 72.2 Å². The van der Waals surface area contributed by atoms with E-state index in [2.05, 4.69) is 12.0 Å². The monoisotopic (exact) mass is 276 g/mol. The Kier molecular flexibility index (Phi) is 4.49. The van der Waals surface area contributed by atoms with Crippen LogP contribution in [0.1, 0.15) is 43.9 Å². The normalized spacial score (nSPS) is 20.2. The maximum absolute atomic E-state index is 12.5. The van der Waals surface area contributed by atoms with Gasteiger partial charge in [0.25, 0.3) is 5.56 Å². The maximum atomic E-state index is 12.5. The fraction of sp³-hybridized carbons (Fsp3) is 0.533. The summed E-state index contributed by atoms with van der Waals surface area (Å²) in [7, 11) is 0. The van der Waals surface area contributed by atoms with E-state index in [-0.39, 0.29) is 5.56 Å². The predicted octanol–water partition coefficient (Wildman–Crippen LogP) is 1.35. The summed E-state index contributed by atoms with van der Waals surface area (Å²) in [5, 5.41) is 14.0. The van der Waals surface area contributed by atoms with Crippen molar-refractivity contribution in [1.29, 1.82) is 0 Å². The molecule has 5 heteroatoms. The Morgan fingerprint density at radius 1 is 1.60 bits per heavy atom. The van der Waals surface area contributed by atoms with Gasteiger partial charge in [-0.25, -0.2) is 4.68 Å². The highest BCUT2D eigenvalue weighted by Gasteiger charge is 2.22. The number of hydrogen-bond acceptors (Lipinski definition) is 4.